The van der Waals surface area contributed by atoms with Crippen molar-refractivity contribution in [2.75, 3.05) is 6.61 Å². The van der Waals surface area contributed by atoms with Crippen LogP contribution in [0.5, 0.6) is 5.75 Å². The molecular weight excluding hydrogens is 256 g/mol. The van der Waals surface area contributed by atoms with Crippen LogP contribution in [0.15, 0.2) is 35.1 Å². The minimum absolute atomic E-state index is 0.0514. The van der Waals surface area contributed by atoms with Crippen molar-refractivity contribution in [1.82, 2.24) is 9.78 Å². The van der Waals surface area contributed by atoms with Crippen molar-refractivity contribution in [2.45, 2.75) is 20.8 Å². The Labute approximate surface area is 116 Å². The number of hydrogen-bond donors (Lipinski definition) is 0. The zero-order valence-corrected chi connectivity index (χ0v) is 11.7. The van der Waals surface area contributed by atoms with Crippen LogP contribution >= 0.6 is 0 Å². The van der Waals surface area contributed by atoms with Gasteiger partial charge in [-0.15, -0.1) is 0 Å². The highest BCUT2D eigenvalue weighted by Crippen LogP contribution is 2.15. The van der Waals surface area contributed by atoms with E-state index in [4.69, 9.17) is 4.74 Å². The van der Waals surface area contributed by atoms with Gasteiger partial charge in [-0.1, -0.05) is 0 Å². The molecule has 0 atom stereocenters. The minimum Gasteiger partial charge on any atom is -0.494 e. The first-order chi connectivity index (χ1) is 9.52. The Kier molecular flexibility index (Phi) is 3.98. The third-order valence-corrected chi connectivity index (χ3v) is 2.83. The Morgan fingerprint density at radius 2 is 1.95 bits per heavy atom. The molecule has 1 aromatic heterocycles. The fourth-order valence-electron chi connectivity index (χ4n) is 1.90. The van der Waals surface area contributed by atoms with Crippen LogP contribution in [-0.4, -0.2) is 22.2 Å². The summed E-state index contributed by atoms with van der Waals surface area (Å²) >= 11 is 0. The van der Waals surface area contributed by atoms with Crippen LogP contribution < -0.4 is 10.2 Å². The van der Waals surface area contributed by atoms with Crippen LogP contribution in [0, 0.1) is 6.92 Å². The van der Waals surface area contributed by atoms with Crippen LogP contribution in [0.4, 0.5) is 0 Å². The number of carbonyl (C=O) groups is 1. The molecule has 2 aromatic rings. The van der Waals surface area contributed by atoms with E-state index in [-0.39, 0.29) is 16.9 Å². The fourth-order valence-corrected chi connectivity index (χ4v) is 1.90. The summed E-state index contributed by atoms with van der Waals surface area (Å²) < 4.78 is 6.95. The minimum atomic E-state index is -0.350. The van der Waals surface area contributed by atoms with Gasteiger partial charge in [-0.05, 0) is 38.1 Å². The highest BCUT2D eigenvalue weighted by molar-refractivity contribution is 5.91. The molecule has 0 aliphatic rings. The summed E-state index contributed by atoms with van der Waals surface area (Å²) in [5.41, 5.74) is 1.04. The molecule has 1 aromatic carbocycles. The van der Waals surface area contributed by atoms with Gasteiger partial charge in [0.1, 0.15) is 5.75 Å². The molecule has 2 rings (SSSR count). The average Bonchev–Trinajstić information content (AvgIpc) is 2.40. The van der Waals surface area contributed by atoms with E-state index >= 15 is 0 Å². The van der Waals surface area contributed by atoms with Crippen LogP contribution in [-0.2, 0) is 0 Å². The van der Waals surface area contributed by atoms with E-state index in [0.717, 1.165) is 11.4 Å². The van der Waals surface area contributed by atoms with Gasteiger partial charge in [0.05, 0.1) is 12.3 Å². The smallest absolute Gasteiger partial charge is 0.211 e. The van der Waals surface area contributed by atoms with E-state index in [9.17, 15) is 9.59 Å². The second-order valence-corrected chi connectivity index (χ2v) is 4.39. The summed E-state index contributed by atoms with van der Waals surface area (Å²) in [7, 11) is 0. The lowest BCUT2D eigenvalue weighted by Gasteiger charge is -2.11. The van der Waals surface area contributed by atoms with E-state index < -0.39 is 0 Å². The van der Waals surface area contributed by atoms with E-state index in [1.54, 1.807) is 11.6 Å². The molecule has 0 spiro atoms. The number of ether oxygens (including phenoxy) is 1. The summed E-state index contributed by atoms with van der Waals surface area (Å²) in [6.45, 7) is 5.62. The molecule has 0 N–H and O–H groups in total. The molecular formula is C15H16N2O3. The van der Waals surface area contributed by atoms with Crippen molar-refractivity contribution >= 4 is 5.78 Å². The fraction of sp³-hybridized carbons (Fsp3) is 0.267. The first-order valence-corrected chi connectivity index (χ1v) is 6.38. The van der Waals surface area contributed by atoms with Gasteiger partial charge >= 0.3 is 0 Å². The van der Waals surface area contributed by atoms with Gasteiger partial charge < -0.3 is 4.74 Å². The Balaban J connectivity index is 2.49. The molecule has 0 saturated carbocycles. The van der Waals surface area contributed by atoms with Crippen molar-refractivity contribution in [2.24, 2.45) is 0 Å². The first-order valence-electron chi connectivity index (χ1n) is 6.38. The maximum Gasteiger partial charge on any atom is 0.211 e. The molecule has 5 nitrogen and oxygen atoms in total. The Bertz CT molecular complexity index is 687. The molecule has 0 bridgehead atoms. The summed E-state index contributed by atoms with van der Waals surface area (Å²) in [5.74, 6) is 0.427. The molecule has 0 radical (unpaired) electrons. The molecule has 0 fully saturated rings. The first kappa shape index (κ1) is 14.0. The standard InChI is InChI=1S/C15H16N2O3/c1-4-20-13-7-5-12(6-8-13)17-10(2)9-14(19)15(16-17)11(3)18/h5-9H,4H2,1-3H3. The lowest BCUT2D eigenvalue weighted by molar-refractivity contribution is 0.101. The lowest BCUT2D eigenvalue weighted by Crippen LogP contribution is -2.21. The van der Waals surface area contributed by atoms with E-state index in [0.29, 0.717) is 12.3 Å². The lowest BCUT2D eigenvalue weighted by atomic mass is 10.2. The van der Waals surface area contributed by atoms with Crippen molar-refractivity contribution in [3.8, 4) is 11.4 Å². The number of hydrogen-bond acceptors (Lipinski definition) is 4. The third kappa shape index (κ3) is 2.77. The number of aryl methyl sites for hydroxylation is 1. The second kappa shape index (κ2) is 5.69. The molecule has 5 heteroatoms. The normalized spacial score (nSPS) is 10.3. The Hall–Kier alpha value is -2.43. The molecule has 0 aliphatic heterocycles. The average molecular weight is 272 g/mol. The predicted octanol–water partition coefficient (Wildman–Crippen LogP) is 2.14. The van der Waals surface area contributed by atoms with Crippen molar-refractivity contribution in [1.29, 1.82) is 0 Å². The quantitative estimate of drug-likeness (QED) is 0.800. The summed E-state index contributed by atoms with van der Waals surface area (Å²) in [5, 5.41) is 4.13. The van der Waals surface area contributed by atoms with Gasteiger partial charge in [0.25, 0.3) is 0 Å². The van der Waals surface area contributed by atoms with Crippen LogP contribution in [0.3, 0.4) is 0 Å². The number of rotatable bonds is 4. The van der Waals surface area contributed by atoms with Crippen molar-refractivity contribution < 1.29 is 9.53 Å². The van der Waals surface area contributed by atoms with Gasteiger partial charge in [0.15, 0.2) is 11.5 Å². The largest absolute Gasteiger partial charge is 0.494 e. The molecule has 0 unspecified atom stereocenters. The van der Waals surface area contributed by atoms with Crippen molar-refractivity contribution in [3.05, 3.63) is 51.9 Å². The highest BCUT2D eigenvalue weighted by Gasteiger charge is 2.11. The summed E-state index contributed by atoms with van der Waals surface area (Å²) in [6.07, 6.45) is 0. The van der Waals surface area contributed by atoms with E-state index in [1.165, 1.54) is 13.0 Å². The maximum atomic E-state index is 11.7. The van der Waals surface area contributed by atoms with E-state index in [1.807, 2.05) is 31.2 Å². The van der Waals surface area contributed by atoms with Crippen LogP contribution in [0.1, 0.15) is 30.0 Å². The van der Waals surface area contributed by atoms with Gasteiger partial charge in [-0.25, -0.2) is 4.68 Å². The maximum absolute atomic E-state index is 11.7. The Morgan fingerprint density at radius 3 is 2.50 bits per heavy atom. The predicted molar refractivity (Wildman–Crippen MR) is 75.7 cm³/mol. The van der Waals surface area contributed by atoms with Gasteiger partial charge in [-0.2, -0.15) is 5.10 Å². The van der Waals surface area contributed by atoms with Gasteiger partial charge in [-0.3, -0.25) is 9.59 Å². The van der Waals surface area contributed by atoms with Crippen molar-refractivity contribution in [3.63, 3.8) is 0 Å². The molecule has 0 aliphatic carbocycles. The van der Waals surface area contributed by atoms with Gasteiger partial charge in [0.2, 0.25) is 5.43 Å². The third-order valence-electron chi connectivity index (χ3n) is 2.83. The number of benzene rings is 1. The number of Topliss-reactive ketones (excluding diaryl/α,β-unsaturated/α-hetero) is 1. The number of ketones is 1. The molecule has 1 heterocycles. The van der Waals surface area contributed by atoms with Gasteiger partial charge in [0, 0.05) is 18.7 Å². The van der Waals surface area contributed by atoms with Crippen LogP contribution in [0.25, 0.3) is 5.69 Å². The summed E-state index contributed by atoms with van der Waals surface area (Å²) in [6, 6.07) is 8.73. The number of nitrogens with zero attached hydrogens (tertiary/aromatic N) is 2. The number of aromatic nitrogens is 2. The molecule has 0 saturated heterocycles. The summed E-state index contributed by atoms with van der Waals surface area (Å²) in [4.78, 5) is 23.1. The molecule has 104 valence electrons. The second-order valence-electron chi connectivity index (χ2n) is 4.39. The molecule has 0 amide bonds. The topological polar surface area (TPSA) is 61.2 Å². The van der Waals surface area contributed by atoms with Crippen LogP contribution in [0.2, 0.25) is 0 Å². The monoisotopic (exact) mass is 272 g/mol. The Morgan fingerprint density at radius 1 is 1.30 bits per heavy atom. The van der Waals surface area contributed by atoms with E-state index in [2.05, 4.69) is 5.10 Å². The zero-order valence-electron chi connectivity index (χ0n) is 11.7. The molecule has 20 heavy (non-hydrogen) atoms. The SMILES string of the molecule is CCOc1ccc(-n2nc(C(C)=O)c(=O)cc2C)cc1. The highest BCUT2D eigenvalue weighted by atomic mass is 16.5. The number of carbonyl (C=O) groups excluding carboxylic acids is 1. The zero-order chi connectivity index (χ0) is 14.7.